The van der Waals surface area contributed by atoms with Gasteiger partial charge in [-0.25, -0.2) is 0 Å². The Kier molecular flexibility index (Phi) is 6.55. The lowest BCUT2D eigenvalue weighted by molar-refractivity contribution is 0.0954. The van der Waals surface area contributed by atoms with Crippen LogP contribution in [0.4, 0.5) is 0 Å². The molecule has 1 aromatic heterocycles. The minimum atomic E-state index is -0.0489. The van der Waals surface area contributed by atoms with Gasteiger partial charge in [0.25, 0.3) is 5.91 Å². The number of rotatable bonds is 6. The van der Waals surface area contributed by atoms with E-state index in [2.05, 4.69) is 65.3 Å². The molecule has 3 nitrogen and oxygen atoms in total. The number of aromatic nitrogens is 1. The zero-order valence-electron chi connectivity index (χ0n) is 19.4. The number of carbonyl (C=O) groups excluding carboxylic acids is 1. The van der Waals surface area contributed by atoms with E-state index in [1.54, 1.807) is 0 Å². The Labute approximate surface area is 206 Å². The molecule has 1 aliphatic rings. The van der Waals surface area contributed by atoms with Crippen LogP contribution in [0.25, 0.3) is 16.9 Å². The molecule has 4 heteroatoms. The quantitative estimate of drug-likeness (QED) is 0.328. The normalized spacial score (nSPS) is 15.1. The number of hydrogen-bond donors (Lipinski definition) is 1. The molecule has 0 saturated carbocycles. The van der Waals surface area contributed by atoms with Crippen molar-refractivity contribution in [3.05, 3.63) is 112 Å². The summed E-state index contributed by atoms with van der Waals surface area (Å²) in [5.74, 6) is 0.665. The molecule has 1 N–H and O–H groups in total. The van der Waals surface area contributed by atoms with Crippen LogP contribution in [0.3, 0.4) is 0 Å². The van der Waals surface area contributed by atoms with Gasteiger partial charge in [-0.2, -0.15) is 0 Å². The zero-order valence-corrected chi connectivity index (χ0v) is 20.2. The Morgan fingerprint density at radius 1 is 1.00 bits per heavy atom. The van der Waals surface area contributed by atoms with Crippen molar-refractivity contribution in [2.24, 2.45) is 5.92 Å². The molecular weight excluding hydrogens is 440 g/mol. The number of carbonyl (C=O) groups is 1. The van der Waals surface area contributed by atoms with Gasteiger partial charge >= 0.3 is 0 Å². The molecule has 0 radical (unpaired) electrons. The van der Waals surface area contributed by atoms with Crippen molar-refractivity contribution in [2.75, 3.05) is 6.54 Å². The van der Waals surface area contributed by atoms with Crippen LogP contribution in [-0.4, -0.2) is 17.0 Å². The van der Waals surface area contributed by atoms with Crippen molar-refractivity contribution in [3.63, 3.8) is 0 Å². The monoisotopic (exact) mass is 468 g/mol. The maximum atomic E-state index is 12.7. The second kappa shape index (κ2) is 9.90. The fourth-order valence-electron chi connectivity index (χ4n) is 4.86. The van der Waals surface area contributed by atoms with Gasteiger partial charge in [-0.3, -0.25) is 4.79 Å². The number of hydrogen-bond acceptors (Lipinski definition) is 1. The minimum Gasteiger partial charge on any atom is -0.352 e. The summed E-state index contributed by atoms with van der Waals surface area (Å²) < 4.78 is 2.39. The molecule has 0 spiro atoms. The SMILES string of the molecule is C[C@H]1CCc2c(cc(-c3ccccc3)n2-c2ccc(C(=O)NCCc3ccc(Cl)cc3)cc2)C1. The number of amides is 1. The lowest BCUT2D eigenvalue weighted by Gasteiger charge is -2.21. The smallest absolute Gasteiger partial charge is 0.251 e. The maximum Gasteiger partial charge on any atom is 0.251 e. The van der Waals surface area contributed by atoms with Gasteiger partial charge in [0.1, 0.15) is 0 Å². The molecule has 0 fully saturated rings. The first-order valence-electron chi connectivity index (χ1n) is 12.0. The van der Waals surface area contributed by atoms with E-state index >= 15 is 0 Å². The van der Waals surface area contributed by atoms with Gasteiger partial charge in [-0.15, -0.1) is 0 Å². The highest BCUT2D eigenvalue weighted by molar-refractivity contribution is 6.30. The first-order chi connectivity index (χ1) is 16.6. The summed E-state index contributed by atoms with van der Waals surface area (Å²) >= 11 is 5.94. The van der Waals surface area contributed by atoms with Gasteiger partial charge in [-0.1, -0.05) is 61.0 Å². The highest BCUT2D eigenvalue weighted by atomic mass is 35.5. The van der Waals surface area contributed by atoms with Gasteiger partial charge in [-0.05, 0) is 90.8 Å². The van der Waals surface area contributed by atoms with E-state index in [1.807, 2.05) is 36.4 Å². The Morgan fingerprint density at radius 3 is 2.47 bits per heavy atom. The molecule has 5 rings (SSSR count). The summed E-state index contributed by atoms with van der Waals surface area (Å²) in [5.41, 5.74) is 8.22. The maximum absolute atomic E-state index is 12.7. The van der Waals surface area contributed by atoms with Crippen LogP contribution in [0.1, 0.15) is 40.5 Å². The summed E-state index contributed by atoms with van der Waals surface area (Å²) in [6.07, 6.45) is 4.18. The van der Waals surface area contributed by atoms with Crippen molar-refractivity contribution in [2.45, 2.75) is 32.6 Å². The standard InChI is InChI=1S/C30H29ClN2O/c1-21-7-16-28-25(19-21)20-29(23-5-3-2-4-6-23)33(28)27-14-10-24(11-15-27)30(34)32-18-17-22-8-12-26(31)13-9-22/h2-6,8-15,20-21H,7,16-19H2,1H3,(H,32,34)/t21-/m0/s1. The Bertz CT molecular complexity index is 1270. The summed E-state index contributed by atoms with van der Waals surface area (Å²) in [4.78, 5) is 12.7. The van der Waals surface area contributed by atoms with Crippen LogP contribution >= 0.6 is 11.6 Å². The Hall–Kier alpha value is -3.30. The van der Waals surface area contributed by atoms with Gasteiger partial charge < -0.3 is 9.88 Å². The third-order valence-corrected chi connectivity index (χ3v) is 6.96. The Morgan fingerprint density at radius 2 is 1.74 bits per heavy atom. The van der Waals surface area contributed by atoms with E-state index in [9.17, 15) is 4.79 Å². The lowest BCUT2D eigenvalue weighted by atomic mass is 9.89. The van der Waals surface area contributed by atoms with Crippen LogP contribution in [0.15, 0.2) is 84.9 Å². The molecule has 0 saturated heterocycles. The molecule has 0 aliphatic heterocycles. The van der Waals surface area contributed by atoms with E-state index in [0.29, 0.717) is 18.0 Å². The first-order valence-corrected chi connectivity index (χ1v) is 12.4. The fourth-order valence-corrected chi connectivity index (χ4v) is 4.99. The van der Waals surface area contributed by atoms with Crippen molar-refractivity contribution in [1.29, 1.82) is 0 Å². The molecular formula is C30H29ClN2O. The molecule has 4 aromatic rings. The van der Waals surface area contributed by atoms with E-state index in [1.165, 1.54) is 28.9 Å². The second-order valence-electron chi connectivity index (χ2n) is 9.23. The highest BCUT2D eigenvalue weighted by Crippen LogP contribution is 2.35. The molecule has 1 atom stereocenters. The van der Waals surface area contributed by atoms with Crippen molar-refractivity contribution in [1.82, 2.24) is 9.88 Å². The van der Waals surface area contributed by atoms with Gasteiger partial charge in [0.2, 0.25) is 0 Å². The van der Waals surface area contributed by atoms with Crippen LogP contribution in [0, 0.1) is 5.92 Å². The average Bonchev–Trinajstić information content (AvgIpc) is 3.24. The summed E-state index contributed by atoms with van der Waals surface area (Å²) in [5, 5.41) is 3.75. The molecule has 1 aliphatic carbocycles. The summed E-state index contributed by atoms with van der Waals surface area (Å²) in [6, 6.07) is 28.7. The average molecular weight is 469 g/mol. The number of halogens is 1. The highest BCUT2D eigenvalue weighted by Gasteiger charge is 2.23. The van der Waals surface area contributed by atoms with E-state index in [-0.39, 0.29) is 5.91 Å². The predicted molar refractivity (Wildman–Crippen MR) is 140 cm³/mol. The zero-order chi connectivity index (χ0) is 23.5. The molecule has 3 aromatic carbocycles. The van der Waals surface area contributed by atoms with Gasteiger partial charge in [0.05, 0.1) is 5.69 Å². The molecule has 34 heavy (non-hydrogen) atoms. The minimum absolute atomic E-state index is 0.0489. The van der Waals surface area contributed by atoms with Crippen molar-refractivity contribution in [3.8, 4) is 16.9 Å². The largest absolute Gasteiger partial charge is 0.352 e. The first kappa shape index (κ1) is 22.5. The molecule has 0 unspecified atom stereocenters. The number of benzene rings is 3. The van der Waals surface area contributed by atoms with Crippen LogP contribution in [0.5, 0.6) is 0 Å². The van der Waals surface area contributed by atoms with Crippen LogP contribution < -0.4 is 5.32 Å². The van der Waals surface area contributed by atoms with E-state index in [0.717, 1.165) is 35.5 Å². The fraction of sp³-hybridized carbons (Fsp3) is 0.233. The van der Waals surface area contributed by atoms with Crippen molar-refractivity contribution >= 4 is 17.5 Å². The molecule has 172 valence electrons. The number of nitrogens with one attached hydrogen (secondary N) is 1. The van der Waals surface area contributed by atoms with E-state index < -0.39 is 0 Å². The number of nitrogens with zero attached hydrogens (tertiary/aromatic N) is 1. The summed E-state index contributed by atoms with van der Waals surface area (Å²) in [7, 11) is 0. The van der Waals surface area contributed by atoms with Gasteiger partial charge in [0.15, 0.2) is 0 Å². The molecule has 0 bridgehead atoms. The molecule has 1 heterocycles. The summed E-state index contributed by atoms with van der Waals surface area (Å²) in [6.45, 7) is 2.92. The Balaban J connectivity index is 1.36. The van der Waals surface area contributed by atoms with E-state index in [4.69, 9.17) is 11.6 Å². The van der Waals surface area contributed by atoms with Crippen molar-refractivity contribution < 1.29 is 4.79 Å². The predicted octanol–water partition coefficient (Wildman–Crippen LogP) is 6.90. The van der Waals surface area contributed by atoms with Crippen LogP contribution in [0.2, 0.25) is 5.02 Å². The lowest BCUT2D eigenvalue weighted by Crippen LogP contribution is -2.25. The van der Waals surface area contributed by atoms with Crippen LogP contribution in [-0.2, 0) is 19.3 Å². The third-order valence-electron chi connectivity index (χ3n) is 6.70. The van der Waals surface area contributed by atoms with Gasteiger partial charge in [0, 0.05) is 28.5 Å². The topological polar surface area (TPSA) is 34.0 Å². The number of fused-ring (bicyclic) bond motifs is 1. The molecule has 1 amide bonds. The second-order valence-corrected chi connectivity index (χ2v) is 9.67. The third kappa shape index (κ3) is 4.80.